The van der Waals surface area contributed by atoms with Gasteiger partial charge in [-0.3, -0.25) is 0 Å². The number of benzene rings is 1. The molecule has 0 saturated heterocycles. The highest BCUT2D eigenvalue weighted by molar-refractivity contribution is 5.66. The summed E-state index contributed by atoms with van der Waals surface area (Å²) in [5.74, 6) is 2.32. The summed E-state index contributed by atoms with van der Waals surface area (Å²) < 4.78 is 5.49. The lowest BCUT2D eigenvalue weighted by molar-refractivity contribution is 0.407. The number of hydrogen-bond acceptors (Lipinski definition) is 3. The van der Waals surface area contributed by atoms with Crippen LogP contribution < -0.4 is 10.1 Å². The van der Waals surface area contributed by atoms with Crippen molar-refractivity contribution in [2.75, 3.05) is 14.2 Å². The van der Waals surface area contributed by atoms with Gasteiger partial charge in [-0.15, -0.1) is 0 Å². The van der Waals surface area contributed by atoms with Crippen LogP contribution in [0.1, 0.15) is 36.7 Å². The van der Waals surface area contributed by atoms with Crippen molar-refractivity contribution in [1.29, 1.82) is 0 Å². The fraction of sp³-hybridized carbons (Fsp3) is 0.438. The molecule has 4 nitrogen and oxygen atoms in total. The van der Waals surface area contributed by atoms with Gasteiger partial charge in [-0.1, -0.05) is 13.8 Å². The average Bonchev–Trinajstić information content (AvgIpc) is 2.86. The number of aryl methyl sites for hydroxylation is 1. The molecule has 20 heavy (non-hydrogen) atoms. The molecule has 2 rings (SSSR count). The number of aromatic nitrogens is 2. The first-order chi connectivity index (χ1) is 9.56. The Kier molecular flexibility index (Phi) is 4.45. The van der Waals surface area contributed by atoms with Gasteiger partial charge in [0, 0.05) is 5.56 Å². The summed E-state index contributed by atoms with van der Waals surface area (Å²) in [6, 6.07) is 4.30. The van der Waals surface area contributed by atoms with Crippen molar-refractivity contribution in [1.82, 2.24) is 15.3 Å². The quantitative estimate of drug-likeness (QED) is 0.879. The Labute approximate surface area is 120 Å². The van der Waals surface area contributed by atoms with E-state index in [1.807, 2.05) is 13.2 Å². The highest BCUT2D eigenvalue weighted by atomic mass is 16.5. The maximum atomic E-state index is 5.49. The highest BCUT2D eigenvalue weighted by Crippen LogP contribution is 2.33. The van der Waals surface area contributed by atoms with Crippen molar-refractivity contribution in [3.8, 4) is 17.0 Å². The van der Waals surface area contributed by atoms with Crippen LogP contribution >= 0.6 is 0 Å². The third kappa shape index (κ3) is 2.85. The lowest BCUT2D eigenvalue weighted by Gasteiger charge is -2.15. The molecule has 1 heterocycles. The van der Waals surface area contributed by atoms with E-state index in [0.29, 0.717) is 5.92 Å². The summed E-state index contributed by atoms with van der Waals surface area (Å²) in [5, 5.41) is 3.10. The van der Waals surface area contributed by atoms with E-state index in [1.165, 1.54) is 16.7 Å². The number of imidazole rings is 1. The normalized spacial score (nSPS) is 11.1. The molecule has 2 aromatic rings. The molecule has 4 heteroatoms. The van der Waals surface area contributed by atoms with Gasteiger partial charge in [-0.25, -0.2) is 4.98 Å². The van der Waals surface area contributed by atoms with E-state index in [9.17, 15) is 0 Å². The number of aromatic amines is 1. The highest BCUT2D eigenvalue weighted by Gasteiger charge is 2.13. The number of ether oxygens (including phenoxy) is 1. The summed E-state index contributed by atoms with van der Waals surface area (Å²) in [4.78, 5) is 7.75. The Bertz CT molecular complexity index is 587. The van der Waals surface area contributed by atoms with Gasteiger partial charge in [0.05, 0.1) is 25.5 Å². The van der Waals surface area contributed by atoms with E-state index >= 15 is 0 Å². The van der Waals surface area contributed by atoms with Gasteiger partial charge in [0.25, 0.3) is 0 Å². The first-order valence-electron chi connectivity index (χ1n) is 6.94. The van der Waals surface area contributed by atoms with E-state index in [1.54, 1.807) is 7.11 Å². The largest absolute Gasteiger partial charge is 0.496 e. The number of methoxy groups -OCH3 is 1. The summed E-state index contributed by atoms with van der Waals surface area (Å²) in [6.07, 6.45) is 1.89. The van der Waals surface area contributed by atoms with Gasteiger partial charge >= 0.3 is 0 Å². The van der Waals surface area contributed by atoms with Crippen molar-refractivity contribution in [2.45, 2.75) is 33.2 Å². The molecule has 0 unspecified atom stereocenters. The van der Waals surface area contributed by atoms with Gasteiger partial charge in [0.15, 0.2) is 0 Å². The standard InChI is InChI=1S/C16H23N3O/c1-10(2)12-7-13(11(3)6-15(12)20-5)14-8-18-16(19-14)9-17-4/h6-8,10,17H,9H2,1-5H3,(H,18,19). The lowest BCUT2D eigenvalue weighted by Crippen LogP contribution is -2.06. The topological polar surface area (TPSA) is 49.9 Å². The zero-order valence-corrected chi connectivity index (χ0v) is 12.9. The van der Waals surface area contributed by atoms with Crippen LogP contribution in [0.4, 0.5) is 0 Å². The smallest absolute Gasteiger partial charge is 0.122 e. The van der Waals surface area contributed by atoms with Crippen LogP contribution in [-0.2, 0) is 6.54 Å². The molecule has 0 spiro atoms. The minimum absolute atomic E-state index is 0.420. The molecule has 0 amide bonds. The maximum Gasteiger partial charge on any atom is 0.122 e. The van der Waals surface area contributed by atoms with Gasteiger partial charge in [-0.2, -0.15) is 0 Å². The molecule has 0 atom stereocenters. The lowest BCUT2D eigenvalue weighted by atomic mass is 9.95. The zero-order chi connectivity index (χ0) is 14.7. The molecule has 0 fully saturated rings. The van der Waals surface area contributed by atoms with E-state index in [0.717, 1.165) is 23.8 Å². The van der Waals surface area contributed by atoms with E-state index in [2.05, 4.69) is 48.2 Å². The Balaban J connectivity index is 2.47. The second-order valence-corrected chi connectivity index (χ2v) is 5.34. The Morgan fingerprint density at radius 2 is 2.10 bits per heavy atom. The molecule has 108 valence electrons. The van der Waals surface area contributed by atoms with Crippen LogP contribution in [0.25, 0.3) is 11.3 Å². The predicted octanol–water partition coefficient (Wildman–Crippen LogP) is 3.24. The molecule has 0 radical (unpaired) electrons. The van der Waals surface area contributed by atoms with Gasteiger partial charge in [-0.05, 0) is 43.1 Å². The second kappa shape index (κ2) is 6.09. The number of hydrogen-bond donors (Lipinski definition) is 2. The monoisotopic (exact) mass is 273 g/mol. The molecule has 0 aliphatic heterocycles. The first kappa shape index (κ1) is 14.6. The molecule has 0 aliphatic carbocycles. The Morgan fingerprint density at radius 3 is 2.70 bits per heavy atom. The van der Waals surface area contributed by atoms with Crippen molar-refractivity contribution in [3.05, 3.63) is 35.3 Å². The maximum absolute atomic E-state index is 5.49. The third-order valence-electron chi connectivity index (χ3n) is 3.46. The van der Waals surface area contributed by atoms with Crippen LogP contribution in [0.5, 0.6) is 5.75 Å². The van der Waals surface area contributed by atoms with Crippen LogP contribution in [0.3, 0.4) is 0 Å². The SMILES string of the molecule is CNCc1ncc(-c2cc(C(C)C)c(OC)cc2C)[nH]1. The van der Waals surface area contributed by atoms with Crippen molar-refractivity contribution >= 4 is 0 Å². The minimum atomic E-state index is 0.420. The fourth-order valence-electron chi connectivity index (χ4n) is 2.37. The Hall–Kier alpha value is -1.81. The Morgan fingerprint density at radius 1 is 1.35 bits per heavy atom. The van der Waals surface area contributed by atoms with Gasteiger partial charge in [0.2, 0.25) is 0 Å². The molecule has 0 saturated carbocycles. The predicted molar refractivity (Wildman–Crippen MR) is 82.2 cm³/mol. The number of nitrogens with one attached hydrogen (secondary N) is 2. The molecule has 0 aliphatic rings. The number of nitrogens with zero attached hydrogens (tertiary/aromatic N) is 1. The van der Waals surface area contributed by atoms with Crippen LogP contribution in [-0.4, -0.2) is 24.1 Å². The summed E-state index contributed by atoms with van der Waals surface area (Å²) in [5.41, 5.74) is 4.64. The van der Waals surface area contributed by atoms with Crippen molar-refractivity contribution in [3.63, 3.8) is 0 Å². The summed E-state index contributed by atoms with van der Waals surface area (Å²) in [6.45, 7) is 7.19. The first-order valence-corrected chi connectivity index (χ1v) is 6.94. The molecule has 2 N–H and O–H groups in total. The molecular formula is C16H23N3O. The minimum Gasteiger partial charge on any atom is -0.496 e. The molecule has 1 aromatic heterocycles. The zero-order valence-electron chi connectivity index (χ0n) is 12.9. The summed E-state index contributed by atoms with van der Waals surface area (Å²) in [7, 11) is 3.64. The van der Waals surface area contributed by atoms with E-state index in [-0.39, 0.29) is 0 Å². The van der Waals surface area contributed by atoms with Crippen molar-refractivity contribution < 1.29 is 4.74 Å². The number of rotatable bonds is 5. The fourth-order valence-corrected chi connectivity index (χ4v) is 2.37. The van der Waals surface area contributed by atoms with Crippen molar-refractivity contribution in [2.24, 2.45) is 0 Å². The van der Waals surface area contributed by atoms with Crippen LogP contribution in [0.15, 0.2) is 18.3 Å². The van der Waals surface area contributed by atoms with Crippen LogP contribution in [0, 0.1) is 6.92 Å². The van der Waals surface area contributed by atoms with Crippen LogP contribution in [0.2, 0.25) is 0 Å². The average molecular weight is 273 g/mol. The second-order valence-electron chi connectivity index (χ2n) is 5.34. The molecular weight excluding hydrogens is 250 g/mol. The third-order valence-corrected chi connectivity index (χ3v) is 3.46. The summed E-state index contributed by atoms with van der Waals surface area (Å²) >= 11 is 0. The van der Waals surface area contributed by atoms with Gasteiger partial charge in [0.1, 0.15) is 11.6 Å². The molecule has 0 bridgehead atoms. The van der Waals surface area contributed by atoms with E-state index in [4.69, 9.17) is 4.74 Å². The number of H-pyrrole nitrogens is 1. The van der Waals surface area contributed by atoms with Gasteiger partial charge < -0.3 is 15.0 Å². The molecule has 1 aromatic carbocycles. The van der Waals surface area contributed by atoms with E-state index < -0.39 is 0 Å².